The van der Waals surface area contributed by atoms with Gasteiger partial charge in [0.05, 0.1) is 5.02 Å². The second-order valence-corrected chi connectivity index (χ2v) is 4.77. The van der Waals surface area contributed by atoms with Gasteiger partial charge >= 0.3 is 0 Å². The van der Waals surface area contributed by atoms with Crippen molar-refractivity contribution in [2.24, 2.45) is 5.92 Å². The first-order valence-electron chi connectivity index (χ1n) is 5.89. The van der Waals surface area contributed by atoms with Gasteiger partial charge in [0.1, 0.15) is 11.2 Å². The molecule has 0 saturated heterocycles. The fourth-order valence-electron chi connectivity index (χ4n) is 1.28. The third-order valence-electron chi connectivity index (χ3n) is 2.58. The Bertz CT molecular complexity index is 469. The number of alkyl halides is 1. The van der Waals surface area contributed by atoms with Crippen LogP contribution in [-0.2, 0) is 4.79 Å². The molecule has 0 aromatic carbocycles. The van der Waals surface area contributed by atoms with E-state index in [0.29, 0.717) is 17.4 Å². The average molecular weight is 290 g/mol. The number of benzene rings is 1. The summed E-state index contributed by atoms with van der Waals surface area (Å²) in [5, 5.41) is 3.42. The normalized spacial score (nSPS) is 12.0. The number of halogens is 2. The zero-order valence-corrected chi connectivity index (χ0v) is 12.0. The van der Waals surface area contributed by atoms with Gasteiger partial charge < -0.3 is 9.73 Å². The van der Waals surface area contributed by atoms with Gasteiger partial charge in [-0.1, -0.05) is 25.4 Å². The van der Waals surface area contributed by atoms with Gasteiger partial charge in [0.25, 0.3) is 0 Å². The van der Waals surface area contributed by atoms with Crippen LogP contribution in [-0.4, -0.2) is 18.3 Å². The van der Waals surface area contributed by atoms with Crippen LogP contribution in [0.25, 0.3) is 11.2 Å². The highest BCUT2D eigenvalue weighted by Crippen LogP contribution is 2.25. The van der Waals surface area contributed by atoms with E-state index in [1.807, 2.05) is 26.0 Å². The minimum Gasteiger partial charge on any atom is -0.456 e. The van der Waals surface area contributed by atoms with Gasteiger partial charge in [-0.2, -0.15) is 0 Å². The Hall–Kier alpha value is -0.930. The van der Waals surface area contributed by atoms with Crippen LogP contribution >= 0.6 is 23.2 Å². The Morgan fingerprint density at radius 1 is 1.50 bits per heavy atom. The molecule has 0 saturated carbocycles. The maximum atomic E-state index is 11.0. The van der Waals surface area contributed by atoms with Crippen LogP contribution in [0.2, 0.25) is 5.02 Å². The molecular formula is C13H17Cl2NO2. The highest BCUT2D eigenvalue weighted by atomic mass is 35.5. The molecule has 0 aliphatic heterocycles. The summed E-state index contributed by atoms with van der Waals surface area (Å²) in [6.45, 7) is 4.47. The van der Waals surface area contributed by atoms with Crippen molar-refractivity contribution in [1.29, 1.82) is 0 Å². The summed E-state index contributed by atoms with van der Waals surface area (Å²) >= 11 is 11.0. The standard InChI is InChI=1S/C7H14ClNO.C6H3ClO/c1-3-6(2)7(10)9-5-4-8;7-5-3-4-1-2-6(5)8-4/h6H,3-5H2,1-2H3,(H,9,10);1-3H. The molecule has 2 heterocycles. The number of amides is 1. The fraction of sp³-hybridized carbons (Fsp3) is 0.462. The smallest absolute Gasteiger partial charge is 0.222 e. The molecule has 2 rings (SSSR count). The lowest BCUT2D eigenvalue weighted by Gasteiger charge is -2.07. The number of furan rings is 2. The zero-order chi connectivity index (χ0) is 13.5. The number of carbonyl (C=O) groups excluding carboxylic acids is 1. The SMILES string of the molecule is CCC(C)C(=O)NCCCl.Clc1cc2ccc1o2. The van der Waals surface area contributed by atoms with E-state index in [-0.39, 0.29) is 11.8 Å². The number of rotatable bonds is 4. The summed E-state index contributed by atoms with van der Waals surface area (Å²) < 4.78 is 5.08. The van der Waals surface area contributed by atoms with Gasteiger partial charge in [-0.15, -0.1) is 11.6 Å². The van der Waals surface area contributed by atoms with Crippen molar-refractivity contribution in [3.05, 3.63) is 23.2 Å². The molecule has 3 nitrogen and oxygen atoms in total. The van der Waals surface area contributed by atoms with Gasteiger partial charge in [-0.25, -0.2) is 0 Å². The van der Waals surface area contributed by atoms with Crippen molar-refractivity contribution in [2.45, 2.75) is 20.3 Å². The molecule has 0 radical (unpaired) electrons. The van der Waals surface area contributed by atoms with Crippen LogP contribution in [0.3, 0.4) is 0 Å². The van der Waals surface area contributed by atoms with Crippen LogP contribution < -0.4 is 5.32 Å². The monoisotopic (exact) mass is 289 g/mol. The van der Waals surface area contributed by atoms with Crippen molar-refractivity contribution in [2.75, 3.05) is 12.4 Å². The maximum Gasteiger partial charge on any atom is 0.222 e. The number of nitrogens with one attached hydrogen (secondary N) is 1. The first-order chi connectivity index (χ1) is 8.58. The molecule has 2 aromatic rings. The molecule has 1 unspecified atom stereocenters. The highest BCUT2D eigenvalue weighted by molar-refractivity contribution is 6.34. The summed E-state index contributed by atoms with van der Waals surface area (Å²) in [5.74, 6) is 0.702. The first-order valence-corrected chi connectivity index (χ1v) is 6.80. The second-order valence-electron chi connectivity index (χ2n) is 3.98. The summed E-state index contributed by atoms with van der Waals surface area (Å²) in [4.78, 5) is 11.0. The van der Waals surface area contributed by atoms with Gasteiger partial charge in [-0.05, 0) is 18.6 Å². The van der Waals surface area contributed by atoms with E-state index in [2.05, 4.69) is 5.32 Å². The number of hydrogen-bond acceptors (Lipinski definition) is 2. The van der Waals surface area contributed by atoms with Crippen molar-refractivity contribution < 1.29 is 9.21 Å². The quantitative estimate of drug-likeness (QED) is 0.867. The van der Waals surface area contributed by atoms with Gasteiger partial charge in [0, 0.05) is 24.4 Å². The lowest BCUT2D eigenvalue weighted by atomic mass is 10.1. The highest BCUT2D eigenvalue weighted by Gasteiger charge is 2.07. The van der Waals surface area contributed by atoms with Gasteiger partial charge in [0.2, 0.25) is 5.91 Å². The molecule has 2 aromatic heterocycles. The minimum absolute atomic E-state index is 0.100. The van der Waals surface area contributed by atoms with Crippen LogP contribution in [0.4, 0.5) is 0 Å². The van der Waals surface area contributed by atoms with E-state index in [0.717, 1.165) is 17.6 Å². The topological polar surface area (TPSA) is 42.2 Å². The van der Waals surface area contributed by atoms with E-state index >= 15 is 0 Å². The van der Waals surface area contributed by atoms with Crippen molar-refractivity contribution in [1.82, 2.24) is 5.32 Å². The third-order valence-corrected chi connectivity index (χ3v) is 3.07. The number of hydrogen-bond donors (Lipinski definition) is 1. The fourth-order valence-corrected chi connectivity index (χ4v) is 1.59. The average Bonchev–Trinajstić information content (AvgIpc) is 2.97. The molecule has 1 amide bonds. The van der Waals surface area contributed by atoms with E-state index in [4.69, 9.17) is 27.6 Å². The third kappa shape index (κ3) is 4.39. The number of fused-ring (bicyclic) bond motifs is 2. The molecule has 0 aliphatic rings. The molecule has 100 valence electrons. The Kier molecular flexibility index (Phi) is 6.30. The molecule has 0 aliphatic carbocycles. The van der Waals surface area contributed by atoms with Gasteiger partial charge in [0.15, 0.2) is 0 Å². The van der Waals surface area contributed by atoms with Gasteiger partial charge in [-0.3, -0.25) is 4.79 Å². The molecule has 18 heavy (non-hydrogen) atoms. The Morgan fingerprint density at radius 2 is 2.22 bits per heavy atom. The van der Waals surface area contributed by atoms with Crippen LogP contribution in [0, 0.1) is 5.92 Å². The van der Waals surface area contributed by atoms with E-state index < -0.39 is 0 Å². The maximum absolute atomic E-state index is 11.0. The Morgan fingerprint density at radius 3 is 2.56 bits per heavy atom. The Labute approximate surface area is 117 Å². The van der Waals surface area contributed by atoms with Crippen LogP contribution in [0.15, 0.2) is 22.6 Å². The minimum atomic E-state index is 0.100. The van der Waals surface area contributed by atoms with Crippen LogP contribution in [0.5, 0.6) is 0 Å². The lowest BCUT2D eigenvalue weighted by Crippen LogP contribution is -2.30. The summed E-state index contributed by atoms with van der Waals surface area (Å²) in [7, 11) is 0. The van der Waals surface area contributed by atoms with Crippen molar-refractivity contribution in [3.63, 3.8) is 0 Å². The van der Waals surface area contributed by atoms with E-state index in [1.54, 1.807) is 6.07 Å². The molecule has 1 atom stereocenters. The van der Waals surface area contributed by atoms with Crippen LogP contribution in [0.1, 0.15) is 20.3 Å². The summed E-state index contributed by atoms with van der Waals surface area (Å²) in [6, 6.07) is 5.55. The second kappa shape index (κ2) is 7.49. The number of carbonyl (C=O) groups is 1. The summed E-state index contributed by atoms with van der Waals surface area (Å²) in [5.41, 5.74) is 1.63. The van der Waals surface area contributed by atoms with Crippen molar-refractivity contribution >= 4 is 40.3 Å². The molecule has 0 spiro atoms. The molecule has 5 heteroatoms. The zero-order valence-electron chi connectivity index (χ0n) is 10.5. The molecule has 1 N–H and O–H groups in total. The Balaban J connectivity index is 0.000000182. The molecule has 2 bridgehead atoms. The van der Waals surface area contributed by atoms with E-state index in [9.17, 15) is 4.79 Å². The predicted molar refractivity (Wildman–Crippen MR) is 75.6 cm³/mol. The molecule has 0 fully saturated rings. The lowest BCUT2D eigenvalue weighted by molar-refractivity contribution is -0.124. The predicted octanol–water partition coefficient (Wildman–Crippen LogP) is 3.91. The first kappa shape index (κ1) is 15.1. The largest absolute Gasteiger partial charge is 0.456 e. The molecular weight excluding hydrogens is 273 g/mol. The van der Waals surface area contributed by atoms with E-state index in [1.165, 1.54) is 0 Å². The summed E-state index contributed by atoms with van der Waals surface area (Å²) in [6.07, 6.45) is 0.883. The van der Waals surface area contributed by atoms with Crippen molar-refractivity contribution in [3.8, 4) is 0 Å².